The van der Waals surface area contributed by atoms with Crippen molar-refractivity contribution in [3.63, 3.8) is 0 Å². The second kappa shape index (κ2) is 10.4. The van der Waals surface area contributed by atoms with Crippen LogP contribution in [-0.2, 0) is 27.2 Å². The fraction of sp³-hybridized carbons (Fsp3) is 0.471. The molecule has 0 saturated heterocycles. The minimum absolute atomic E-state index is 0.0733. The van der Waals surface area contributed by atoms with E-state index < -0.39 is 12.1 Å². The lowest BCUT2D eigenvalue weighted by Gasteiger charge is -2.22. The maximum absolute atomic E-state index is 12.0. The van der Waals surface area contributed by atoms with E-state index in [1.54, 1.807) is 7.11 Å². The number of halogens is 3. The monoisotopic (exact) mass is 435 g/mol. The molecule has 1 unspecified atom stereocenters. The molecule has 0 bridgehead atoms. The van der Waals surface area contributed by atoms with Gasteiger partial charge in [-0.25, -0.2) is 4.79 Å². The van der Waals surface area contributed by atoms with Crippen molar-refractivity contribution in [1.82, 2.24) is 15.1 Å². The lowest BCUT2D eigenvalue weighted by atomic mass is 10.1. The maximum Gasteiger partial charge on any atom is 0.490 e. The molecule has 3 heterocycles. The number of rotatable bonds is 6. The fourth-order valence-electron chi connectivity index (χ4n) is 2.47. The van der Waals surface area contributed by atoms with E-state index in [0.717, 1.165) is 18.7 Å². The predicted octanol–water partition coefficient (Wildman–Crippen LogP) is 2.27. The number of carboxylic acids is 1. The van der Waals surface area contributed by atoms with Crippen molar-refractivity contribution in [1.29, 1.82) is 0 Å². The van der Waals surface area contributed by atoms with E-state index in [1.165, 1.54) is 16.9 Å². The summed E-state index contributed by atoms with van der Waals surface area (Å²) >= 11 is 1.51. The van der Waals surface area contributed by atoms with Gasteiger partial charge in [-0.05, 0) is 23.4 Å². The number of fused-ring (bicyclic) bond motifs is 1. The topological polar surface area (TPSA) is 103 Å². The molecule has 3 rings (SSSR count). The highest BCUT2D eigenvalue weighted by Crippen LogP contribution is 2.25. The van der Waals surface area contributed by atoms with E-state index >= 15 is 0 Å². The lowest BCUT2D eigenvalue weighted by Crippen LogP contribution is -2.31. The molecule has 0 spiro atoms. The molecule has 12 heteroatoms. The average Bonchev–Trinajstić information content (AvgIpc) is 3.33. The SMILES string of the molecule is COCCn1cc2c(n1)C(CNC(=O)c1ccsc1)OCC2.O=C(O)C(F)(F)F. The van der Waals surface area contributed by atoms with E-state index in [9.17, 15) is 18.0 Å². The number of nitrogens with one attached hydrogen (secondary N) is 1. The van der Waals surface area contributed by atoms with Crippen LogP contribution < -0.4 is 5.32 Å². The van der Waals surface area contributed by atoms with Gasteiger partial charge in [0.1, 0.15) is 6.10 Å². The van der Waals surface area contributed by atoms with E-state index in [0.29, 0.717) is 25.3 Å². The second-order valence-electron chi connectivity index (χ2n) is 5.93. The number of aliphatic carboxylic acids is 1. The van der Waals surface area contributed by atoms with E-state index in [1.807, 2.05) is 27.7 Å². The number of carboxylic acid groups (broad SMARTS) is 1. The number of amides is 1. The Morgan fingerprint density at radius 2 is 2.21 bits per heavy atom. The molecule has 1 atom stereocenters. The molecule has 2 aromatic heterocycles. The second-order valence-corrected chi connectivity index (χ2v) is 6.71. The molecule has 2 aromatic rings. The van der Waals surface area contributed by atoms with Gasteiger partial charge in [-0.2, -0.15) is 29.6 Å². The third-order valence-corrected chi connectivity index (χ3v) is 4.55. The van der Waals surface area contributed by atoms with Crippen molar-refractivity contribution in [2.75, 3.05) is 26.9 Å². The molecule has 1 aliphatic rings. The molecule has 0 radical (unpaired) electrons. The zero-order valence-corrected chi connectivity index (χ0v) is 16.3. The minimum Gasteiger partial charge on any atom is -0.475 e. The number of hydrogen-bond donors (Lipinski definition) is 2. The fourth-order valence-corrected chi connectivity index (χ4v) is 3.10. The predicted molar refractivity (Wildman–Crippen MR) is 96.8 cm³/mol. The minimum atomic E-state index is -5.08. The summed E-state index contributed by atoms with van der Waals surface area (Å²) in [7, 11) is 1.68. The van der Waals surface area contributed by atoms with Gasteiger partial charge in [-0.15, -0.1) is 0 Å². The molecule has 2 N–H and O–H groups in total. The highest BCUT2D eigenvalue weighted by molar-refractivity contribution is 7.08. The van der Waals surface area contributed by atoms with Gasteiger partial charge >= 0.3 is 12.1 Å². The first-order valence-corrected chi connectivity index (χ1v) is 9.44. The first kappa shape index (κ1) is 22.8. The normalized spacial score (nSPS) is 15.8. The molecule has 0 fully saturated rings. The summed E-state index contributed by atoms with van der Waals surface area (Å²) in [4.78, 5) is 20.9. The molecule has 1 aliphatic heterocycles. The molecule has 29 heavy (non-hydrogen) atoms. The van der Waals surface area contributed by atoms with E-state index in [4.69, 9.17) is 19.4 Å². The first-order chi connectivity index (χ1) is 13.7. The Balaban J connectivity index is 0.000000370. The van der Waals surface area contributed by atoms with Crippen LogP contribution in [0.15, 0.2) is 23.0 Å². The molecule has 0 saturated carbocycles. The third-order valence-electron chi connectivity index (χ3n) is 3.86. The largest absolute Gasteiger partial charge is 0.490 e. The number of carbonyl (C=O) groups is 2. The summed E-state index contributed by atoms with van der Waals surface area (Å²) in [6.07, 6.45) is -2.36. The number of methoxy groups -OCH3 is 1. The van der Waals surface area contributed by atoms with E-state index in [2.05, 4.69) is 10.4 Å². The average molecular weight is 435 g/mol. The highest BCUT2D eigenvalue weighted by Gasteiger charge is 2.38. The van der Waals surface area contributed by atoms with Crippen molar-refractivity contribution in [2.45, 2.75) is 25.2 Å². The Kier molecular flexibility index (Phi) is 8.17. The number of aromatic nitrogens is 2. The third kappa shape index (κ3) is 6.84. The van der Waals surface area contributed by atoms with Gasteiger partial charge in [-0.1, -0.05) is 0 Å². The van der Waals surface area contributed by atoms with Crippen LogP contribution in [0.25, 0.3) is 0 Å². The van der Waals surface area contributed by atoms with Crippen LogP contribution in [0.3, 0.4) is 0 Å². The summed E-state index contributed by atoms with van der Waals surface area (Å²) in [5.74, 6) is -2.83. The number of hydrogen-bond acceptors (Lipinski definition) is 6. The van der Waals surface area contributed by atoms with Crippen LogP contribution in [-0.4, -0.2) is 59.8 Å². The number of carbonyl (C=O) groups excluding carboxylic acids is 1. The van der Waals surface area contributed by atoms with Crippen LogP contribution in [0.5, 0.6) is 0 Å². The Hall–Kier alpha value is -2.44. The highest BCUT2D eigenvalue weighted by atomic mass is 32.1. The molecule has 8 nitrogen and oxygen atoms in total. The Morgan fingerprint density at radius 1 is 1.48 bits per heavy atom. The summed E-state index contributed by atoms with van der Waals surface area (Å²) in [6, 6.07) is 1.81. The van der Waals surface area contributed by atoms with Gasteiger partial charge < -0.3 is 19.9 Å². The first-order valence-electron chi connectivity index (χ1n) is 8.49. The van der Waals surface area contributed by atoms with Gasteiger partial charge in [0.15, 0.2) is 0 Å². The number of nitrogens with zero attached hydrogens (tertiary/aromatic N) is 2. The van der Waals surface area contributed by atoms with Gasteiger partial charge in [0.05, 0.1) is 25.5 Å². The number of thiophene rings is 1. The summed E-state index contributed by atoms with van der Waals surface area (Å²) in [5, 5.41) is 18.3. The molecule has 1 amide bonds. The van der Waals surface area contributed by atoms with Crippen LogP contribution in [0.2, 0.25) is 0 Å². The van der Waals surface area contributed by atoms with Crippen molar-refractivity contribution >= 4 is 23.2 Å². The van der Waals surface area contributed by atoms with Gasteiger partial charge in [0.2, 0.25) is 0 Å². The van der Waals surface area contributed by atoms with Crippen molar-refractivity contribution in [3.8, 4) is 0 Å². The molecule has 0 aliphatic carbocycles. The Labute approximate surface area is 168 Å². The standard InChI is InChI=1S/C15H19N3O3S.C2HF3O2/c1-20-6-4-18-9-11-2-5-21-13(14(11)17-18)8-16-15(19)12-3-7-22-10-12;3-2(4,5)1(6)7/h3,7,9-10,13H,2,4-6,8H2,1H3,(H,16,19);(H,6,7). The molecule has 160 valence electrons. The van der Waals surface area contributed by atoms with Crippen molar-refractivity contribution < 1.29 is 37.3 Å². The number of ether oxygens (including phenoxy) is 2. The van der Waals surface area contributed by atoms with Crippen LogP contribution in [0.1, 0.15) is 27.7 Å². The van der Waals surface area contributed by atoms with Crippen LogP contribution in [0.4, 0.5) is 13.2 Å². The van der Waals surface area contributed by atoms with Crippen LogP contribution >= 0.6 is 11.3 Å². The maximum atomic E-state index is 12.0. The summed E-state index contributed by atoms with van der Waals surface area (Å²) < 4.78 is 44.5. The van der Waals surface area contributed by atoms with Gasteiger partial charge in [0.25, 0.3) is 5.91 Å². The van der Waals surface area contributed by atoms with Crippen molar-refractivity contribution in [2.24, 2.45) is 0 Å². The number of alkyl halides is 3. The molecular formula is C17H20F3N3O5S. The molecular weight excluding hydrogens is 415 g/mol. The Bertz CT molecular complexity index is 808. The zero-order chi connectivity index (χ0) is 21.4. The Morgan fingerprint density at radius 3 is 2.79 bits per heavy atom. The summed E-state index contributed by atoms with van der Waals surface area (Å²) in [6.45, 7) is 2.43. The zero-order valence-electron chi connectivity index (χ0n) is 15.4. The molecule has 0 aromatic carbocycles. The lowest BCUT2D eigenvalue weighted by molar-refractivity contribution is -0.192. The quantitative estimate of drug-likeness (QED) is 0.722. The van der Waals surface area contributed by atoms with Gasteiger partial charge in [0, 0.05) is 30.8 Å². The van der Waals surface area contributed by atoms with Crippen molar-refractivity contribution in [3.05, 3.63) is 39.8 Å². The van der Waals surface area contributed by atoms with E-state index in [-0.39, 0.29) is 12.0 Å². The van der Waals surface area contributed by atoms with Gasteiger partial charge in [-0.3, -0.25) is 9.48 Å². The van der Waals surface area contributed by atoms with Crippen LogP contribution in [0, 0.1) is 0 Å². The smallest absolute Gasteiger partial charge is 0.475 e. The summed E-state index contributed by atoms with van der Waals surface area (Å²) in [5.41, 5.74) is 2.80.